The quantitative estimate of drug-likeness (QED) is 0.735. The molecule has 0 spiro atoms. The van der Waals surface area contributed by atoms with Gasteiger partial charge in [-0.25, -0.2) is 4.79 Å². The molecule has 0 radical (unpaired) electrons. The number of Topliss-reactive ketones (excluding diaryl/α,β-unsaturated/α-hetero) is 1. The van der Waals surface area contributed by atoms with E-state index in [1.165, 1.54) is 11.5 Å². The summed E-state index contributed by atoms with van der Waals surface area (Å²) in [5, 5.41) is 0.846. The molecule has 0 bridgehead atoms. The van der Waals surface area contributed by atoms with Gasteiger partial charge in [-0.2, -0.15) is 0 Å². The van der Waals surface area contributed by atoms with E-state index in [4.69, 9.17) is 4.74 Å². The fourth-order valence-electron chi connectivity index (χ4n) is 1.83. The average molecular weight is 259 g/mol. The van der Waals surface area contributed by atoms with Crippen molar-refractivity contribution in [2.75, 3.05) is 0 Å². The van der Waals surface area contributed by atoms with Gasteiger partial charge in [0, 0.05) is 17.1 Å². The number of carbonyl (C=O) groups excluding carboxylic acids is 2. The fraction of sp³-hybridized carbons (Fsp3) is 0.333. The summed E-state index contributed by atoms with van der Waals surface area (Å²) in [6, 6.07) is 7.05. The van der Waals surface area contributed by atoms with Gasteiger partial charge in [-0.1, -0.05) is 0 Å². The van der Waals surface area contributed by atoms with Gasteiger partial charge in [0.1, 0.15) is 5.60 Å². The monoisotopic (exact) mass is 259 g/mol. The Morgan fingerprint density at radius 1 is 1.16 bits per heavy atom. The van der Waals surface area contributed by atoms with Crippen LogP contribution >= 0.6 is 0 Å². The lowest BCUT2D eigenvalue weighted by molar-refractivity contribution is 0.0544. The Morgan fingerprint density at radius 2 is 1.84 bits per heavy atom. The van der Waals surface area contributed by atoms with Crippen LogP contribution in [-0.2, 0) is 4.74 Å². The number of nitrogens with zero attached hydrogens (tertiary/aromatic N) is 1. The van der Waals surface area contributed by atoms with Crippen molar-refractivity contribution in [2.24, 2.45) is 0 Å². The first kappa shape index (κ1) is 13.3. The van der Waals surface area contributed by atoms with Crippen LogP contribution in [0.25, 0.3) is 10.9 Å². The summed E-state index contributed by atoms with van der Waals surface area (Å²) in [4.78, 5) is 23.3. The van der Waals surface area contributed by atoms with Gasteiger partial charge in [0.2, 0.25) is 0 Å². The van der Waals surface area contributed by atoms with Gasteiger partial charge in [0.15, 0.2) is 5.78 Å². The fourth-order valence-corrected chi connectivity index (χ4v) is 1.83. The lowest BCUT2D eigenvalue weighted by Gasteiger charge is -2.19. The number of ketones is 1. The number of aromatic nitrogens is 1. The van der Waals surface area contributed by atoms with Crippen molar-refractivity contribution in [3.63, 3.8) is 0 Å². The molecule has 1 heterocycles. The maximum atomic E-state index is 12.0. The van der Waals surface area contributed by atoms with Gasteiger partial charge in [0.25, 0.3) is 0 Å². The minimum Gasteiger partial charge on any atom is -0.443 e. The van der Waals surface area contributed by atoms with Crippen molar-refractivity contribution in [3.05, 3.63) is 36.0 Å². The summed E-state index contributed by atoms with van der Waals surface area (Å²) in [7, 11) is 0. The van der Waals surface area contributed by atoms with Crippen molar-refractivity contribution in [1.82, 2.24) is 4.57 Å². The predicted octanol–water partition coefficient (Wildman–Crippen LogP) is 3.63. The molecule has 2 aromatic rings. The predicted molar refractivity (Wildman–Crippen MR) is 73.6 cm³/mol. The topological polar surface area (TPSA) is 48.3 Å². The zero-order valence-corrected chi connectivity index (χ0v) is 11.6. The lowest BCUT2D eigenvalue weighted by Crippen LogP contribution is -2.26. The highest BCUT2D eigenvalue weighted by Crippen LogP contribution is 2.19. The third-order valence-corrected chi connectivity index (χ3v) is 2.69. The molecule has 4 nitrogen and oxygen atoms in total. The summed E-state index contributed by atoms with van der Waals surface area (Å²) in [6.07, 6.45) is 1.24. The van der Waals surface area contributed by atoms with Gasteiger partial charge in [-0.15, -0.1) is 0 Å². The second-order valence-electron chi connectivity index (χ2n) is 5.50. The molecule has 19 heavy (non-hydrogen) atoms. The highest BCUT2D eigenvalue weighted by molar-refractivity contribution is 5.99. The summed E-state index contributed by atoms with van der Waals surface area (Å²) in [5.41, 5.74) is 0.834. The smallest absolute Gasteiger partial charge is 0.418 e. The highest BCUT2D eigenvalue weighted by atomic mass is 16.6. The Bertz CT molecular complexity index is 647. The number of fused-ring (bicyclic) bond motifs is 1. The van der Waals surface area contributed by atoms with Crippen LogP contribution in [0.2, 0.25) is 0 Å². The normalized spacial score (nSPS) is 11.6. The van der Waals surface area contributed by atoms with Gasteiger partial charge < -0.3 is 4.74 Å². The van der Waals surface area contributed by atoms with E-state index in [9.17, 15) is 9.59 Å². The molecule has 0 saturated heterocycles. The Labute approximate surface area is 112 Å². The van der Waals surface area contributed by atoms with Crippen molar-refractivity contribution in [1.29, 1.82) is 0 Å². The molecule has 0 aliphatic carbocycles. The van der Waals surface area contributed by atoms with Crippen LogP contribution in [0.3, 0.4) is 0 Å². The number of hydrogen-bond donors (Lipinski definition) is 0. The molecular formula is C15H17NO3. The molecule has 4 heteroatoms. The third kappa shape index (κ3) is 2.84. The highest BCUT2D eigenvalue weighted by Gasteiger charge is 2.19. The first-order valence-corrected chi connectivity index (χ1v) is 6.13. The zero-order valence-electron chi connectivity index (χ0n) is 11.6. The van der Waals surface area contributed by atoms with Crippen LogP contribution in [0, 0.1) is 0 Å². The molecule has 0 saturated carbocycles. The van der Waals surface area contributed by atoms with E-state index in [0.29, 0.717) is 5.56 Å². The standard InChI is InChI=1S/C15H17NO3/c1-10(17)11-5-6-13-12(9-11)7-8-16(13)14(18)19-15(2,3)4/h5-9H,1-4H3. The van der Waals surface area contributed by atoms with Crippen LogP contribution < -0.4 is 0 Å². The molecule has 0 amide bonds. The Balaban J connectivity index is 2.41. The van der Waals surface area contributed by atoms with Crippen LogP contribution in [0.5, 0.6) is 0 Å². The van der Waals surface area contributed by atoms with Gasteiger partial charge in [-0.3, -0.25) is 9.36 Å². The number of rotatable bonds is 1. The molecule has 1 aromatic carbocycles. The number of ether oxygens (including phenoxy) is 1. The molecule has 0 fully saturated rings. The average Bonchev–Trinajstić information content (AvgIpc) is 2.68. The van der Waals surface area contributed by atoms with Crippen LogP contribution in [0.1, 0.15) is 38.1 Å². The van der Waals surface area contributed by atoms with Crippen molar-refractivity contribution >= 4 is 22.8 Å². The SMILES string of the molecule is CC(=O)c1ccc2c(ccn2C(=O)OC(C)(C)C)c1. The molecule has 0 N–H and O–H groups in total. The maximum absolute atomic E-state index is 12.0. The van der Waals surface area contributed by atoms with E-state index in [0.717, 1.165) is 10.9 Å². The molecular weight excluding hydrogens is 242 g/mol. The van der Waals surface area contributed by atoms with Crippen LogP contribution in [0.15, 0.2) is 30.5 Å². The maximum Gasteiger partial charge on any atom is 0.418 e. The Morgan fingerprint density at radius 3 is 2.42 bits per heavy atom. The van der Waals surface area contributed by atoms with Crippen LogP contribution in [-0.4, -0.2) is 22.0 Å². The summed E-state index contributed by atoms with van der Waals surface area (Å²) in [6.45, 7) is 6.99. The van der Waals surface area contributed by atoms with Gasteiger partial charge in [0.05, 0.1) is 5.52 Å². The van der Waals surface area contributed by atoms with Crippen LogP contribution in [0.4, 0.5) is 4.79 Å². The third-order valence-electron chi connectivity index (χ3n) is 2.69. The van der Waals surface area contributed by atoms with Crippen molar-refractivity contribution in [2.45, 2.75) is 33.3 Å². The van der Waals surface area contributed by atoms with E-state index in [1.54, 1.807) is 30.5 Å². The second-order valence-corrected chi connectivity index (χ2v) is 5.50. The van der Waals surface area contributed by atoms with E-state index < -0.39 is 11.7 Å². The molecule has 1 aromatic heterocycles. The summed E-state index contributed by atoms with van der Waals surface area (Å²) < 4.78 is 6.77. The molecule has 0 aliphatic heterocycles. The Hall–Kier alpha value is -2.10. The zero-order chi connectivity index (χ0) is 14.2. The van der Waals surface area contributed by atoms with E-state index in [-0.39, 0.29) is 5.78 Å². The van der Waals surface area contributed by atoms with E-state index in [1.807, 2.05) is 20.8 Å². The first-order chi connectivity index (χ1) is 8.78. The molecule has 100 valence electrons. The number of benzene rings is 1. The van der Waals surface area contributed by atoms with Gasteiger partial charge in [-0.05, 0) is 52.0 Å². The van der Waals surface area contributed by atoms with Gasteiger partial charge >= 0.3 is 6.09 Å². The minimum absolute atomic E-state index is 0.00641. The molecule has 0 unspecified atom stereocenters. The number of hydrogen-bond acceptors (Lipinski definition) is 3. The van der Waals surface area contributed by atoms with E-state index >= 15 is 0 Å². The van der Waals surface area contributed by atoms with Crippen molar-refractivity contribution in [3.8, 4) is 0 Å². The number of carbonyl (C=O) groups is 2. The van der Waals surface area contributed by atoms with E-state index in [2.05, 4.69) is 0 Å². The summed E-state index contributed by atoms with van der Waals surface area (Å²) >= 11 is 0. The molecule has 2 rings (SSSR count). The van der Waals surface area contributed by atoms with Crippen molar-refractivity contribution < 1.29 is 14.3 Å². The molecule has 0 aliphatic rings. The molecule has 0 atom stereocenters. The first-order valence-electron chi connectivity index (χ1n) is 6.13. The summed E-state index contributed by atoms with van der Waals surface area (Å²) in [5.74, 6) is 0.00641. The lowest BCUT2D eigenvalue weighted by atomic mass is 10.1. The second kappa shape index (κ2) is 4.53. The Kier molecular flexibility index (Phi) is 3.18. The largest absolute Gasteiger partial charge is 0.443 e. The minimum atomic E-state index is -0.535.